The lowest BCUT2D eigenvalue weighted by atomic mass is 10.1. The first-order valence-electron chi connectivity index (χ1n) is 10.1. The van der Waals surface area contributed by atoms with Gasteiger partial charge in [0, 0.05) is 43.3 Å². The van der Waals surface area contributed by atoms with Crippen LogP contribution in [0.1, 0.15) is 66.2 Å². The molecule has 1 saturated carbocycles. The van der Waals surface area contributed by atoms with E-state index in [0.29, 0.717) is 17.2 Å². The molecule has 5 nitrogen and oxygen atoms in total. The van der Waals surface area contributed by atoms with Crippen molar-refractivity contribution in [3.8, 4) is 0 Å². The van der Waals surface area contributed by atoms with E-state index in [9.17, 15) is 9.59 Å². The van der Waals surface area contributed by atoms with E-state index in [4.69, 9.17) is 0 Å². The molecule has 0 radical (unpaired) electrons. The van der Waals surface area contributed by atoms with Crippen molar-refractivity contribution < 1.29 is 9.59 Å². The van der Waals surface area contributed by atoms with Crippen LogP contribution in [-0.2, 0) is 0 Å². The van der Waals surface area contributed by atoms with Gasteiger partial charge in [0.05, 0.1) is 0 Å². The molecule has 5 heteroatoms. The highest BCUT2D eigenvalue weighted by atomic mass is 16.2. The zero-order chi connectivity index (χ0) is 18.4. The van der Waals surface area contributed by atoms with Gasteiger partial charge in [0.1, 0.15) is 0 Å². The Labute approximate surface area is 156 Å². The van der Waals surface area contributed by atoms with E-state index in [1.165, 1.54) is 25.7 Å². The Hall–Kier alpha value is -1.88. The van der Waals surface area contributed by atoms with Crippen molar-refractivity contribution in [2.75, 3.05) is 32.7 Å². The standard InChI is InChI=1S/C21H31N3O2/c1-2-23-13-15-24(16-14-23)21(26)18-11-9-17(10-12-18)20(25)22-19-7-5-3-4-6-8-19/h9-12,19H,2-8,13-16H2,1H3,(H,22,25). The van der Waals surface area contributed by atoms with E-state index in [1.807, 2.05) is 4.90 Å². The van der Waals surface area contributed by atoms with E-state index < -0.39 is 0 Å². The lowest BCUT2D eigenvalue weighted by molar-refractivity contribution is 0.0643. The van der Waals surface area contributed by atoms with E-state index in [-0.39, 0.29) is 11.8 Å². The number of hydrogen-bond acceptors (Lipinski definition) is 3. The maximum absolute atomic E-state index is 12.6. The van der Waals surface area contributed by atoms with E-state index in [1.54, 1.807) is 24.3 Å². The molecule has 2 amide bonds. The maximum atomic E-state index is 12.6. The smallest absolute Gasteiger partial charge is 0.253 e. The fourth-order valence-electron chi connectivity index (χ4n) is 3.91. The van der Waals surface area contributed by atoms with E-state index in [0.717, 1.165) is 45.6 Å². The fraction of sp³-hybridized carbons (Fsp3) is 0.619. The van der Waals surface area contributed by atoms with E-state index in [2.05, 4.69) is 17.1 Å². The lowest BCUT2D eigenvalue weighted by Crippen LogP contribution is -2.48. The van der Waals surface area contributed by atoms with Gasteiger partial charge in [-0.2, -0.15) is 0 Å². The molecule has 0 unspecified atom stereocenters. The molecule has 2 fully saturated rings. The van der Waals surface area contributed by atoms with Crippen molar-refractivity contribution >= 4 is 11.8 Å². The van der Waals surface area contributed by atoms with Crippen molar-refractivity contribution in [1.29, 1.82) is 0 Å². The second-order valence-corrected chi connectivity index (χ2v) is 7.47. The number of benzene rings is 1. The third-order valence-corrected chi connectivity index (χ3v) is 5.69. The Morgan fingerprint density at radius 2 is 1.50 bits per heavy atom. The molecule has 2 aliphatic rings. The normalized spacial score (nSPS) is 19.8. The molecule has 1 heterocycles. The summed E-state index contributed by atoms with van der Waals surface area (Å²) in [7, 11) is 0. The van der Waals surface area contributed by atoms with Crippen LogP contribution in [0.15, 0.2) is 24.3 Å². The van der Waals surface area contributed by atoms with Gasteiger partial charge in [-0.25, -0.2) is 0 Å². The molecule has 142 valence electrons. The number of nitrogens with one attached hydrogen (secondary N) is 1. The summed E-state index contributed by atoms with van der Waals surface area (Å²) in [4.78, 5) is 29.4. The molecular formula is C21H31N3O2. The number of hydrogen-bond donors (Lipinski definition) is 1. The Morgan fingerprint density at radius 3 is 2.08 bits per heavy atom. The van der Waals surface area contributed by atoms with Crippen molar-refractivity contribution in [3.63, 3.8) is 0 Å². The van der Waals surface area contributed by atoms with Crippen LogP contribution in [0, 0.1) is 0 Å². The second kappa shape index (κ2) is 9.17. The first kappa shape index (κ1) is 18.9. The number of amides is 2. The summed E-state index contributed by atoms with van der Waals surface area (Å²) in [6.45, 7) is 6.60. The average molecular weight is 357 g/mol. The average Bonchev–Trinajstić information content (AvgIpc) is 2.96. The summed E-state index contributed by atoms with van der Waals surface area (Å²) < 4.78 is 0. The Kier molecular flexibility index (Phi) is 6.67. The molecule has 0 bridgehead atoms. The third kappa shape index (κ3) is 4.85. The number of carbonyl (C=O) groups excluding carboxylic acids is 2. The molecule has 0 aromatic heterocycles. The molecule has 26 heavy (non-hydrogen) atoms. The summed E-state index contributed by atoms with van der Waals surface area (Å²) in [5, 5.41) is 3.16. The highest BCUT2D eigenvalue weighted by Gasteiger charge is 2.22. The van der Waals surface area contributed by atoms with Crippen LogP contribution in [0.3, 0.4) is 0 Å². The molecule has 1 aliphatic carbocycles. The van der Waals surface area contributed by atoms with Gasteiger partial charge in [-0.05, 0) is 43.7 Å². The predicted octanol–water partition coefficient (Wildman–Crippen LogP) is 2.92. The van der Waals surface area contributed by atoms with Crippen LogP contribution in [0.4, 0.5) is 0 Å². The predicted molar refractivity (Wildman–Crippen MR) is 103 cm³/mol. The minimum Gasteiger partial charge on any atom is -0.349 e. The topological polar surface area (TPSA) is 52.7 Å². The summed E-state index contributed by atoms with van der Waals surface area (Å²) in [6.07, 6.45) is 7.09. The van der Waals surface area contributed by atoms with Gasteiger partial charge in [0.15, 0.2) is 0 Å². The van der Waals surface area contributed by atoms with E-state index >= 15 is 0 Å². The van der Waals surface area contributed by atoms with Gasteiger partial charge < -0.3 is 15.1 Å². The SMILES string of the molecule is CCN1CCN(C(=O)c2ccc(C(=O)NC3CCCCCC3)cc2)CC1. The van der Waals surface area contributed by atoms with Crippen LogP contribution in [-0.4, -0.2) is 60.4 Å². The van der Waals surface area contributed by atoms with Gasteiger partial charge in [-0.15, -0.1) is 0 Å². The number of rotatable bonds is 4. The van der Waals surface area contributed by atoms with Crippen molar-refractivity contribution in [3.05, 3.63) is 35.4 Å². The number of nitrogens with zero attached hydrogens (tertiary/aromatic N) is 2. The first-order valence-corrected chi connectivity index (χ1v) is 10.1. The molecule has 0 spiro atoms. The minimum absolute atomic E-state index is 0.0209. The number of likely N-dealkylation sites (N-methyl/N-ethyl adjacent to an activating group) is 1. The van der Waals surface area contributed by atoms with Gasteiger partial charge >= 0.3 is 0 Å². The van der Waals surface area contributed by atoms with Gasteiger partial charge in [0.25, 0.3) is 11.8 Å². The first-order chi connectivity index (χ1) is 12.7. The van der Waals surface area contributed by atoms with Crippen LogP contribution >= 0.6 is 0 Å². The summed E-state index contributed by atoms with van der Waals surface area (Å²) in [5.74, 6) is 0.0453. The fourth-order valence-corrected chi connectivity index (χ4v) is 3.91. The molecule has 1 aromatic rings. The molecular weight excluding hydrogens is 326 g/mol. The molecule has 1 saturated heterocycles. The zero-order valence-corrected chi connectivity index (χ0v) is 15.9. The molecule has 1 N–H and O–H groups in total. The maximum Gasteiger partial charge on any atom is 0.253 e. The minimum atomic E-state index is -0.0209. The Morgan fingerprint density at radius 1 is 0.923 bits per heavy atom. The lowest BCUT2D eigenvalue weighted by Gasteiger charge is -2.34. The van der Waals surface area contributed by atoms with Crippen LogP contribution in [0.25, 0.3) is 0 Å². The highest BCUT2D eigenvalue weighted by molar-refractivity contribution is 5.98. The van der Waals surface area contributed by atoms with Crippen LogP contribution in [0.2, 0.25) is 0 Å². The summed E-state index contributed by atoms with van der Waals surface area (Å²) >= 11 is 0. The zero-order valence-electron chi connectivity index (χ0n) is 15.9. The highest BCUT2D eigenvalue weighted by Crippen LogP contribution is 2.18. The third-order valence-electron chi connectivity index (χ3n) is 5.69. The van der Waals surface area contributed by atoms with Crippen LogP contribution < -0.4 is 5.32 Å². The van der Waals surface area contributed by atoms with Gasteiger partial charge in [-0.3, -0.25) is 9.59 Å². The van der Waals surface area contributed by atoms with Gasteiger partial charge in [-0.1, -0.05) is 32.6 Å². The molecule has 1 aliphatic heterocycles. The summed E-state index contributed by atoms with van der Waals surface area (Å²) in [5.41, 5.74) is 1.31. The van der Waals surface area contributed by atoms with Crippen molar-refractivity contribution in [2.24, 2.45) is 0 Å². The Balaban J connectivity index is 1.55. The molecule has 1 aromatic carbocycles. The molecule has 0 atom stereocenters. The largest absolute Gasteiger partial charge is 0.349 e. The Bertz CT molecular complexity index is 598. The van der Waals surface area contributed by atoms with Gasteiger partial charge in [0.2, 0.25) is 0 Å². The second-order valence-electron chi connectivity index (χ2n) is 7.47. The number of piperazine rings is 1. The number of carbonyl (C=O) groups is 2. The molecule has 3 rings (SSSR count). The summed E-state index contributed by atoms with van der Waals surface area (Å²) in [6, 6.07) is 7.43. The monoisotopic (exact) mass is 357 g/mol. The van der Waals surface area contributed by atoms with Crippen LogP contribution in [0.5, 0.6) is 0 Å². The van der Waals surface area contributed by atoms with Crippen molar-refractivity contribution in [1.82, 2.24) is 15.1 Å². The quantitative estimate of drug-likeness (QED) is 0.843. The van der Waals surface area contributed by atoms with Crippen molar-refractivity contribution in [2.45, 2.75) is 51.5 Å².